The minimum atomic E-state index is -0.782. The number of aryl methyl sites for hydroxylation is 1. The Balaban J connectivity index is 1.69. The maximum Gasteiger partial charge on any atom is 0.315 e. The van der Waals surface area contributed by atoms with Gasteiger partial charge >= 0.3 is 11.8 Å². The number of nitrogens with zero attached hydrogens (tertiary/aromatic N) is 2. The van der Waals surface area contributed by atoms with Crippen molar-refractivity contribution in [3.63, 3.8) is 0 Å². The summed E-state index contributed by atoms with van der Waals surface area (Å²) in [5, 5.41) is 13.6. The lowest BCUT2D eigenvalue weighted by atomic mass is 10.3. The first kappa shape index (κ1) is 17.1. The highest BCUT2D eigenvalue weighted by Crippen LogP contribution is 2.33. The fourth-order valence-corrected chi connectivity index (χ4v) is 3.46. The molecule has 25 heavy (non-hydrogen) atoms. The van der Waals surface area contributed by atoms with Crippen LogP contribution in [0.4, 0.5) is 10.8 Å². The van der Waals surface area contributed by atoms with Crippen LogP contribution >= 0.6 is 23.1 Å². The maximum atomic E-state index is 12.2. The third-order valence-corrected chi connectivity index (χ3v) is 4.90. The molecular weight excluding hydrogens is 356 g/mol. The molecule has 8 heteroatoms. The Morgan fingerprint density at radius 1 is 0.920 bits per heavy atom. The van der Waals surface area contributed by atoms with Crippen LogP contribution in [0.1, 0.15) is 5.01 Å². The lowest BCUT2D eigenvalue weighted by Gasteiger charge is -2.10. The molecule has 0 aliphatic carbocycles. The predicted octanol–water partition coefficient (Wildman–Crippen LogP) is 3.57. The van der Waals surface area contributed by atoms with Gasteiger partial charge in [0.15, 0.2) is 0 Å². The zero-order valence-electron chi connectivity index (χ0n) is 13.2. The van der Waals surface area contributed by atoms with Gasteiger partial charge < -0.3 is 5.32 Å². The van der Waals surface area contributed by atoms with Gasteiger partial charge in [0.2, 0.25) is 5.13 Å². The van der Waals surface area contributed by atoms with E-state index in [1.807, 2.05) is 42.5 Å². The van der Waals surface area contributed by atoms with E-state index in [2.05, 4.69) is 20.8 Å². The summed E-state index contributed by atoms with van der Waals surface area (Å²) in [5.74, 6) is -1.54. The van der Waals surface area contributed by atoms with Crippen LogP contribution in [0.3, 0.4) is 0 Å². The number of anilines is 2. The highest BCUT2D eigenvalue weighted by molar-refractivity contribution is 7.99. The molecule has 0 saturated heterocycles. The van der Waals surface area contributed by atoms with Gasteiger partial charge in [0, 0.05) is 9.79 Å². The first-order valence-electron chi connectivity index (χ1n) is 7.36. The van der Waals surface area contributed by atoms with Crippen LogP contribution in [0.2, 0.25) is 0 Å². The summed E-state index contributed by atoms with van der Waals surface area (Å²) in [4.78, 5) is 26.0. The molecule has 0 atom stereocenters. The van der Waals surface area contributed by atoms with Crippen molar-refractivity contribution in [2.75, 3.05) is 10.6 Å². The van der Waals surface area contributed by atoms with E-state index in [1.165, 1.54) is 23.1 Å². The molecule has 3 rings (SSSR count). The van der Waals surface area contributed by atoms with Crippen LogP contribution in [-0.2, 0) is 9.59 Å². The summed E-state index contributed by atoms with van der Waals surface area (Å²) < 4.78 is 0. The number of amides is 2. The molecule has 0 fully saturated rings. The predicted molar refractivity (Wildman–Crippen MR) is 98.9 cm³/mol. The summed E-state index contributed by atoms with van der Waals surface area (Å²) in [6.45, 7) is 1.77. The van der Waals surface area contributed by atoms with Crippen molar-refractivity contribution in [2.24, 2.45) is 0 Å². The minimum Gasteiger partial charge on any atom is -0.317 e. The van der Waals surface area contributed by atoms with Crippen molar-refractivity contribution in [3.05, 3.63) is 59.6 Å². The fraction of sp³-hybridized carbons (Fsp3) is 0.0588. The van der Waals surface area contributed by atoms with Crippen LogP contribution < -0.4 is 10.6 Å². The maximum absolute atomic E-state index is 12.2. The van der Waals surface area contributed by atoms with Gasteiger partial charge in [-0.2, -0.15) is 0 Å². The number of hydrogen-bond acceptors (Lipinski definition) is 6. The molecule has 0 unspecified atom stereocenters. The van der Waals surface area contributed by atoms with E-state index in [1.54, 1.807) is 19.1 Å². The second kappa shape index (κ2) is 7.91. The van der Waals surface area contributed by atoms with Crippen molar-refractivity contribution >= 4 is 45.7 Å². The molecular formula is C17H14N4O2S2. The van der Waals surface area contributed by atoms with E-state index in [0.29, 0.717) is 15.8 Å². The van der Waals surface area contributed by atoms with Crippen LogP contribution in [-0.4, -0.2) is 22.0 Å². The average Bonchev–Trinajstić information content (AvgIpc) is 3.02. The third kappa shape index (κ3) is 4.65. The first-order valence-corrected chi connectivity index (χ1v) is 8.99. The number of rotatable bonds is 4. The quantitative estimate of drug-likeness (QED) is 0.686. The lowest BCUT2D eigenvalue weighted by molar-refractivity contribution is -0.133. The Hall–Kier alpha value is -2.71. The molecule has 3 aromatic rings. The normalized spacial score (nSPS) is 10.3. The van der Waals surface area contributed by atoms with E-state index >= 15 is 0 Å². The van der Waals surface area contributed by atoms with Gasteiger partial charge in [-0.15, -0.1) is 10.2 Å². The standard InChI is InChI=1S/C17H14N4O2S2/c1-11-20-21-17(24-11)19-16(23)15(22)18-13-9-5-6-10-14(13)25-12-7-3-2-4-8-12/h2-10H,1H3,(H,18,22)(H,19,21,23). The number of carbonyl (C=O) groups excluding carboxylic acids is 2. The summed E-state index contributed by atoms with van der Waals surface area (Å²) in [6.07, 6.45) is 0. The van der Waals surface area contributed by atoms with Crippen molar-refractivity contribution < 1.29 is 9.59 Å². The molecule has 0 bridgehead atoms. The molecule has 0 aliphatic heterocycles. The number of aromatic nitrogens is 2. The number of para-hydroxylation sites is 1. The van der Waals surface area contributed by atoms with Crippen molar-refractivity contribution in [2.45, 2.75) is 16.7 Å². The molecule has 0 saturated carbocycles. The summed E-state index contributed by atoms with van der Waals surface area (Å²) in [7, 11) is 0. The Morgan fingerprint density at radius 2 is 1.60 bits per heavy atom. The Labute approximate surface area is 152 Å². The van der Waals surface area contributed by atoms with E-state index in [-0.39, 0.29) is 0 Å². The fourth-order valence-electron chi connectivity index (χ4n) is 1.95. The van der Waals surface area contributed by atoms with Crippen molar-refractivity contribution in [1.29, 1.82) is 0 Å². The zero-order chi connectivity index (χ0) is 17.6. The van der Waals surface area contributed by atoms with Crippen molar-refractivity contribution in [1.82, 2.24) is 10.2 Å². The summed E-state index contributed by atoms with van der Waals surface area (Å²) in [5.41, 5.74) is 0.574. The molecule has 0 radical (unpaired) electrons. The van der Waals surface area contributed by atoms with Crippen LogP contribution in [0.5, 0.6) is 0 Å². The van der Waals surface area contributed by atoms with Crippen molar-refractivity contribution in [3.8, 4) is 0 Å². The van der Waals surface area contributed by atoms with Gasteiger partial charge in [-0.05, 0) is 31.2 Å². The highest BCUT2D eigenvalue weighted by Gasteiger charge is 2.17. The molecule has 6 nitrogen and oxygen atoms in total. The molecule has 1 heterocycles. The van der Waals surface area contributed by atoms with E-state index in [9.17, 15) is 9.59 Å². The first-order chi connectivity index (χ1) is 12.1. The monoisotopic (exact) mass is 370 g/mol. The minimum absolute atomic E-state index is 0.296. The Morgan fingerprint density at radius 3 is 2.32 bits per heavy atom. The molecule has 2 aromatic carbocycles. The van der Waals surface area contributed by atoms with Gasteiger partial charge in [0.05, 0.1) is 5.69 Å². The number of carbonyl (C=O) groups is 2. The second-order valence-electron chi connectivity index (χ2n) is 4.95. The van der Waals surface area contributed by atoms with E-state index < -0.39 is 11.8 Å². The van der Waals surface area contributed by atoms with Gasteiger partial charge in [0.1, 0.15) is 5.01 Å². The van der Waals surface area contributed by atoms with E-state index in [4.69, 9.17) is 0 Å². The Kier molecular flexibility index (Phi) is 5.42. The van der Waals surface area contributed by atoms with Gasteiger partial charge in [-0.1, -0.05) is 53.4 Å². The molecule has 2 amide bonds. The number of hydrogen-bond donors (Lipinski definition) is 2. The molecule has 1 aromatic heterocycles. The number of nitrogens with one attached hydrogen (secondary N) is 2. The lowest BCUT2D eigenvalue weighted by Crippen LogP contribution is -2.29. The Bertz CT molecular complexity index is 896. The molecule has 126 valence electrons. The van der Waals surface area contributed by atoms with Crippen LogP contribution in [0.25, 0.3) is 0 Å². The second-order valence-corrected chi connectivity index (χ2v) is 7.24. The molecule has 2 N–H and O–H groups in total. The van der Waals surface area contributed by atoms with Crippen LogP contribution in [0.15, 0.2) is 64.4 Å². The van der Waals surface area contributed by atoms with Gasteiger partial charge in [0.25, 0.3) is 0 Å². The average molecular weight is 370 g/mol. The smallest absolute Gasteiger partial charge is 0.315 e. The summed E-state index contributed by atoms with van der Waals surface area (Å²) in [6, 6.07) is 17.1. The highest BCUT2D eigenvalue weighted by atomic mass is 32.2. The van der Waals surface area contributed by atoms with E-state index in [0.717, 1.165) is 9.79 Å². The molecule has 0 spiro atoms. The van der Waals surface area contributed by atoms with Gasteiger partial charge in [-0.25, -0.2) is 0 Å². The van der Waals surface area contributed by atoms with Gasteiger partial charge in [-0.3, -0.25) is 14.9 Å². The zero-order valence-corrected chi connectivity index (χ0v) is 14.9. The number of benzene rings is 2. The third-order valence-electron chi connectivity index (χ3n) is 3.06. The van der Waals surface area contributed by atoms with Crippen LogP contribution in [0, 0.1) is 6.92 Å². The topological polar surface area (TPSA) is 84.0 Å². The SMILES string of the molecule is Cc1nnc(NC(=O)C(=O)Nc2ccccc2Sc2ccccc2)s1. The summed E-state index contributed by atoms with van der Waals surface area (Å²) >= 11 is 2.71. The largest absolute Gasteiger partial charge is 0.317 e. The molecule has 0 aliphatic rings.